The number of aromatic nitrogens is 1. The van der Waals surface area contributed by atoms with Crippen LogP contribution >= 0.6 is 23.2 Å². The van der Waals surface area contributed by atoms with Crippen molar-refractivity contribution in [1.29, 1.82) is 0 Å². The number of nitrogens with zero attached hydrogens (tertiary/aromatic N) is 1. The van der Waals surface area contributed by atoms with Crippen molar-refractivity contribution in [3.63, 3.8) is 0 Å². The Balaban J connectivity index is 2.52. The van der Waals surface area contributed by atoms with Gasteiger partial charge >= 0.3 is 12.1 Å². The van der Waals surface area contributed by atoms with Crippen molar-refractivity contribution in [3.8, 4) is 5.69 Å². The molecule has 2 rings (SSSR count). The number of carbonyl (C=O) groups is 1. The molecule has 4 nitrogen and oxygen atoms in total. The second-order valence-corrected chi connectivity index (χ2v) is 5.61. The molecule has 0 radical (unpaired) electrons. The summed E-state index contributed by atoms with van der Waals surface area (Å²) in [7, 11) is 0. The van der Waals surface area contributed by atoms with Crippen molar-refractivity contribution in [3.05, 3.63) is 51.8 Å². The summed E-state index contributed by atoms with van der Waals surface area (Å²) in [5, 5.41) is 8.38. The van der Waals surface area contributed by atoms with E-state index in [0.29, 0.717) is 5.69 Å². The largest absolute Gasteiger partial charge is 0.481 e. The van der Waals surface area contributed by atoms with Crippen molar-refractivity contribution < 1.29 is 23.1 Å². The van der Waals surface area contributed by atoms with E-state index in [9.17, 15) is 18.0 Å². The van der Waals surface area contributed by atoms with E-state index in [4.69, 9.17) is 34.0 Å². The smallest absolute Gasteiger partial charge is 0.416 e. The summed E-state index contributed by atoms with van der Waals surface area (Å²) in [4.78, 5) is 10.8. The number of alkyl halides is 3. The zero-order chi connectivity index (χ0) is 17.4. The molecule has 124 valence electrons. The van der Waals surface area contributed by atoms with Crippen molar-refractivity contribution in [2.45, 2.75) is 18.6 Å². The third-order valence-electron chi connectivity index (χ3n) is 3.14. The quantitative estimate of drug-likeness (QED) is 0.848. The molecule has 1 unspecified atom stereocenters. The number of aliphatic carboxylic acids is 1. The van der Waals surface area contributed by atoms with Crippen LogP contribution in [0.15, 0.2) is 30.5 Å². The Bertz CT molecular complexity index is 721. The lowest BCUT2D eigenvalue weighted by Gasteiger charge is -2.18. The lowest BCUT2D eigenvalue weighted by molar-refractivity contribution is -0.138. The maximum atomic E-state index is 12.8. The lowest BCUT2D eigenvalue weighted by Crippen LogP contribution is -2.18. The maximum Gasteiger partial charge on any atom is 0.416 e. The Labute approximate surface area is 139 Å². The van der Waals surface area contributed by atoms with Gasteiger partial charge in [0.15, 0.2) is 0 Å². The Morgan fingerprint density at radius 3 is 2.35 bits per heavy atom. The first-order valence-electron chi connectivity index (χ1n) is 6.32. The van der Waals surface area contributed by atoms with Crippen molar-refractivity contribution in [2.75, 3.05) is 0 Å². The Morgan fingerprint density at radius 2 is 1.87 bits per heavy atom. The summed E-state index contributed by atoms with van der Waals surface area (Å²) in [5.74, 6) is -1.10. The number of benzene rings is 1. The zero-order valence-electron chi connectivity index (χ0n) is 11.4. The van der Waals surface area contributed by atoms with Crippen LogP contribution in [0.1, 0.15) is 23.7 Å². The van der Waals surface area contributed by atoms with Gasteiger partial charge in [0.2, 0.25) is 0 Å². The second kappa shape index (κ2) is 6.43. The van der Waals surface area contributed by atoms with Crippen LogP contribution in [-0.2, 0) is 11.0 Å². The highest BCUT2D eigenvalue weighted by molar-refractivity contribution is 6.37. The topological polar surface area (TPSA) is 68.2 Å². The molecule has 0 saturated heterocycles. The molecule has 0 bridgehead atoms. The van der Waals surface area contributed by atoms with Gasteiger partial charge in [-0.25, -0.2) is 0 Å². The van der Waals surface area contributed by atoms with Crippen molar-refractivity contribution >= 4 is 29.2 Å². The van der Waals surface area contributed by atoms with E-state index in [1.54, 1.807) is 12.1 Å². The molecular formula is C14H11Cl2F3N2O2. The number of carboxylic acids is 1. The van der Waals surface area contributed by atoms with Gasteiger partial charge in [-0.3, -0.25) is 4.79 Å². The fourth-order valence-electron chi connectivity index (χ4n) is 2.15. The fraction of sp³-hybridized carbons (Fsp3) is 0.214. The van der Waals surface area contributed by atoms with E-state index in [1.807, 2.05) is 0 Å². The van der Waals surface area contributed by atoms with E-state index in [0.717, 1.165) is 12.1 Å². The van der Waals surface area contributed by atoms with Gasteiger partial charge < -0.3 is 15.4 Å². The van der Waals surface area contributed by atoms with E-state index in [1.165, 1.54) is 10.8 Å². The number of rotatable bonds is 4. The summed E-state index contributed by atoms with van der Waals surface area (Å²) in [6, 6.07) is 3.78. The molecule has 23 heavy (non-hydrogen) atoms. The van der Waals surface area contributed by atoms with Crippen LogP contribution in [-0.4, -0.2) is 15.6 Å². The first-order chi connectivity index (χ1) is 10.6. The van der Waals surface area contributed by atoms with Crippen LogP contribution < -0.4 is 5.73 Å². The summed E-state index contributed by atoms with van der Waals surface area (Å²) >= 11 is 11.9. The van der Waals surface area contributed by atoms with Crippen LogP contribution in [0.4, 0.5) is 13.2 Å². The average molecular weight is 367 g/mol. The summed E-state index contributed by atoms with van der Waals surface area (Å²) in [5.41, 5.74) is 5.32. The Kier molecular flexibility index (Phi) is 4.93. The summed E-state index contributed by atoms with van der Waals surface area (Å²) in [6.45, 7) is 0. The third kappa shape index (κ3) is 3.80. The number of carboxylic acid groups (broad SMARTS) is 1. The van der Waals surface area contributed by atoms with E-state index in [-0.39, 0.29) is 22.2 Å². The third-order valence-corrected chi connectivity index (χ3v) is 3.72. The molecule has 9 heteroatoms. The van der Waals surface area contributed by atoms with Crippen LogP contribution in [0, 0.1) is 0 Å². The molecule has 0 amide bonds. The second-order valence-electron chi connectivity index (χ2n) is 4.79. The minimum absolute atomic E-state index is 0.113. The average Bonchev–Trinajstić information content (AvgIpc) is 2.85. The van der Waals surface area contributed by atoms with Crippen LogP contribution in [0.2, 0.25) is 10.0 Å². The number of halogens is 5. The van der Waals surface area contributed by atoms with Crippen molar-refractivity contribution in [1.82, 2.24) is 4.57 Å². The van der Waals surface area contributed by atoms with Gasteiger partial charge in [0, 0.05) is 11.9 Å². The van der Waals surface area contributed by atoms with Gasteiger partial charge in [-0.05, 0) is 24.3 Å². The first kappa shape index (κ1) is 17.7. The zero-order valence-corrected chi connectivity index (χ0v) is 13.0. The molecule has 0 saturated carbocycles. The highest BCUT2D eigenvalue weighted by Crippen LogP contribution is 2.38. The molecule has 0 spiro atoms. The standard InChI is InChI=1S/C14H11Cl2F3N2O2/c15-8-4-7(14(17,18)19)5-9(16)13(8)21-3-1-2-11(21)10(20)6-12(22)23/h1-5,10H,6,20H2,(H,22,23). The Morgan fingerprint density at radius 1 is 1.30 bits per heavy atom. The van der Waals surface area contributed by atoms with E-state index < -0.39 is 23.8 Å². The summed E-state index contributed by atoms with van der Waals surface area (Å²) in [6.07, 6.45) is -3.43. The van der Waals surface area contributed by atoms with E-state index >= 15 is 0 Å². The van der Waals surface area contributed by atoms with Gasteiger partial charge in [0.25, 0.3) is 0 Å². The molecule has 0 aliphatic carbocycles. The molecule has 1 atom stereocenters. The molecule has 1 aromatic heterocycles. The number of hydrogen-bond acceptors (Lipinski definition) is 2. The van der Waals surface area contributed by atoms with Crippen LogP contribution in [0.5, 0.6) is 0 Å². The van der Waals surface area contributed by atoms with Crippen LogP contribution in [0.3, 0.4) is 0 Å². The number of nitrogens with two attached hydrogens (primary N) is 1. The predicted molar refractivity (Wildman–Crippen MR) is 80.0 cm³/mol. The SMILES string of the molecule is NC(CC(=O)O)c1cccn1-c1c(Cl)cc(C(F)(F)F)cc1Cl. The van der Waals surface area contributed by atoms with Gasteiger partial charge in [-0.2, -0.15) is 13.2 Å². The molecule has 0 aliphatic rings. The fourth-order valence-corrected chi connectivity index (χ4v) is 2.82. The minimum atomic E-state index is -4.58. The number of hydrogen-bond donors (Lipinski definition) is 2. The molecule has 1 heterocycles. The maximum absolute atomic E-state index is 12.8. The Hall–Kier alpha value is -1.70. The van der Waals surface area contributed by atoms with Gasteiger partial charge in [-0.1, -0.05) is 23.2 Å². The highest BCUT2D eigenvalue weighted by Gasteiger charge is 2.32. The lowest BCUT2D eigenvalue weighted by atomic mass is 10.1. The molecule has 1 aromatic carbocycles. The van der Waals surface area contributed by atoms with Gasteiger partial charge in [0.1, 0.15) is 0 Å². The van der Waals surface area contributed by atoms with Crippen LogP contribution in [0.25, 0.3) is 5.69 Å². The molecular weight excluding hydrogens is 356 g/mol. The minimum Gasteiger partial charge on any atom is -0.481 e. The first-order valence-corrected chi connectivity index (χ1v) is 7.08. The summed E-state index contributed by atoms with van der Waals surface area (Å²) < 4.78 is 39.7. The highest BCUT2D eigenvalue weighted by atomic mass is 35.5. The molecule has 0 aliphatic heterocycles. The van der Waals surface area contributed by atoms with Crippen molar-refractivity contribution in [2.24, 2.45) is 5.73 Å². The van der Waals surface area contributed by atoms with Gasteiger partial charge in [0.05, 0.1) is 33.8 Å². The van der Waals surface area contributed by atoms with Gasteiger partial charge in [-0.15, -0.1) is 0 Å². The van der Waals surface area contributed by atoms with E-state index in [2.05, 4.69) is 0 Å². The predicted octanol–water partition coefficient (Wildman–Crippen LogP) is 4.28. The molecule has 2 aromatic rings. The monoisotopic (exact) mass is 366 g/mol. The normalized spacial score (nSPS) is 13.1. The molecule has 3 N–H and O–H groups in total. The molecule has 0 fully saturated rings.